The average Bonchev–Trinajstić information content (AvgIpc) is 3.36. The molecule has 1 saturated carbocycles. The number of aryl methyl sites for hydroxylation is 2. The Morgan fingerprint density at radius 1 is 1.20 bits per heavy atom. The normalized spacial score (nSPS) is 18.0. The van der Waals surface area contributed by atoms with E-state index in [-0.39, 0.29) is 11.4 Å². The number of carbonyl (C=O) groups is 1. The molecule has 2 fully saturated rings. The Hall–Kier alpha value is -2.86. The Bertz CT molecular complexity index is 1120. The van der Waals surface area contributed by atoms with Crippen molar-refractivity contribution in [3.63, 3.8) is 0 Å². The molecule has 3 aromatic rings. The van der Waals surface area contributed by atoms with Gasteiger partial charge >= 0.3 is 0 Å². The molecule has 6 nitrogen and oxygen atoms in total. The van der Waals surface area contributed by atoms with E-state index >= 15 is 0 Å². The second kappa shape index (κ2) is 6.84. The number of amides is 1. The van der Waals surface area contributed by atoms with Crippen LogP contribution >= 0.6 is 0 Å². The van der Waals surface area contributed by atoms with E-state index in [1.165, 1.54) is 5.56 Å². The first-order chi connectivity index (χ1) is 14.4. The van der Waals surface area contributed by atoms with E-state index in [0.717, 1.165) is 53.8 Å². The molecule has 0 atom stereocenters. The smallest absolute Gasteiger partial charge is 0.252 e. The van der Waals surface area contributed by atoms with Gasteiger partial charge in [0.2, 0.25) is 0 Å². The van der Waals surface area contributed by atoms with Crippen LogP contribution in [0, 0.1) is 6.92 Å². The minimum Gasteiger partial charge on any atom is -0.368 e. The molecule has 6 heteroatoms. The first kappa shape index (κ1) is 19.1. The highest BCUT2D eigenvalue weighted by atomic mass is 16.1. The lowest BCUT2D eigenvalue weighted by atomic mass is 10.00. The molecule has 0 radical (unpaired) electrons. The number of nitrogens with zero attached hydrogens (tertiary/aromatic N) is 4. The van der Waals surface area contributed by atoms with Crippen molar-refractivity contribution in [1.82, 2.24) is 19.8 Å². The van der Waals surface area contributed by atoms with Gasteiger partial charge in [-0.15, -0.1) is 0 Å². The average molecular weight is 404 g/mol. The number of aromatic nitrogens is 2. The lowest BCUT2D eigenvalue weighted by Crippen LogP contribution is -2.57. The number of hydrogen-bond donors (Lipinski definition) is 1. The predicted octanol–water partition coefficient (Wildman–Crippen LogP) is 3.05. The van der Waals surface area contributed by atoms with Crippen LogP contribution in [0.25, 0.3) is 11.0 Å². The molecule has 2 aliphatic rings. The van der Waals surface area contributed by atoms with Crippen LogP contribution in [0.15, 0.2) is 42.7 Å². The topological polar surface area (TPSA) is 53.4 Å². The molecule has 2 aromatic heterocycles. The Kier molecular flexibility index (Phi) is 4.36. The third-order valence-electron chi connectivity index (χ3n) is 6.81. The molecule has 1 N–H and O–H groups in total. The maximum atomic E-state index is 13.3. The standard InChI is InChI=1S/C24H29N5O/c1-16-5-6-17(29-14-18(15-29)27(2)3)13-20(16)23(30)26-24(9-10-24)21-7-11-25-22-19(21)8-12-28(22)4/h5-8,11-13,18H,9-10,14-15H2,1-4H3,(H,26,30). The molecule has 1 aliphatic carbocycles. The SMILES string of the molecule is Cc1ccc(N2CC(N(C)C)C2)cc1C(=O)NC1(c2ccnc3c2ccn3C)CC1. The quantitative estimate of drug-likeness (QED) is 0.711. The summed E-state index contributed by atoms with van der Waals surface area (Å²) in [4.78, 5) is 22.4. The third-order valence-corrected chi connectivity index (χ3v) is 6.81. The Morgan fingerprint density at radius 3 is 2.67 bits per heavy atom. The van der Waals surface area contributed by atoms with Crippen molar-refractivity contribution in [2.75, 3.05) is 32.1 Å². The molecule has 1 aliphatic heterocycles. The van der Waals surface area contributed by atoms with Crippen LogP contribution in [0.4, 0.5) is 5.69 Å². The third kappa shape index (κ3) is 3.06. The zero-order valence-corrected chi connectivity index (χ0v) is 18.1. The monoisotopic (exact) mass is 403 g/mol. The molecule has 156 valence electrons. The van der Waals surface area contributed by atoms with Gasteiger partial charge in [-0.05, 0) is 69.3 Å². The Morgan fingerprint density at radius 2 is 1.97 bits per heavy atom. The maximum Gasteiger partial charge on any atom is 0.252 e. The molecular formula is C24H29N5O. The number of nitrogens with one attached hydrogen (secondary N) is 1. The highest BCUT2D eigenvalue weighted by Crippen LogP contribution is 2.48. The highest BCUT2D eigenvalue weighted by Gasteiger charge is 2.47. The Labute approximate surface area is 177 Å². The van der Waals surface area contributed by atoms with Crippen LogP contribution in [0.3, 0.4) is 0 Å². The van der Waals surface area contributed by atoms with Gasteiger partial charge in [-0.1, -0.05) is 6.07 Å². The number of rotatable bonds is 5. The minimum absolute atomic E-state index is 0.0115. The number of pyridine rings is 1. The van der Waals surface area contributed by atoms with E-state index in [0.29, 0.717) is 6.04 Å². The zero-order valence-electron chi connectivity index (χ0n) is 18.1. The molecule has 5 rings (SSSR count). The summed E-state index contributed by atoms with van der Waals surface area (Å²) < 4.78 is 2.03. The summed E-state index contributed by atoms with van der Waals surface area (Å²) in [6.07, 6.45) is 5.80. The summed E-state index contributed by atoms with van der Waals surface area (Å²) in [6.45, 7) is 4.02. The fraction of sp³-hybridized carbons (Fsp3) is 0.417. The molecule has 1 aromatic carbocycles. The maximum absolute atomic E-state index is 13.3. The molecule has 0 bridgehead atoms. The van der Waals surface area contributed by atoms with Gasteiger partial charge in [0.05, 0.1) is 5.54 Å². The molecule has 0 spiro atoms. The summed E-state index contributed by atoms with van der Waals surface area (Å²) in [5, 5.41) is 4.49. The summed E-state index contributed by atoms with van der Waals surface area (Å²) in [5.41, 5.74) is 4.76. The number of benzene rings is 1. The van der Waals surface area contributed by atoms with Gasteiger partial charge in [-0.25, -0.2) is 4.98 Å². The van der Waals surface area contributed by atoms with Crippen LogP contribution in [0.2, 0.25) is 0 Å². The fourth-order valence-electron chi connectivity index (χ4n) is 4.50. The van der Waals surface area contributed by atoms with E-state index in [9.17, 15) is 4.79 Å². The van der Waals surface area contributed by atoms with Crippen LogP contribution in [0.5, 0.6) is 0 Å². The van der Waals surface area contributed by atoms with Crippen LogP contribution < -0.4 is 10.2 Å². The van der Waals surface area contributed by atoms with Crippen molar-refractivity contribution in [3.8, 4) is 0 Å². The number of carbonyl (C=O) groups excluding carboxylic acids is 1. The predicted molar refractivity (Wildman–Crippen MR) is 120 cm³/mol. The lowest BCUT2D eigenvalue weighted by Gasteiger charge is -2.44. The molecule has 1 amide bonds. The number of fused-ring (bicyclic) bond motifs is 1. The largest absolute Gasteiger partial charge is 0.368 e. The number of likely N-dealkylation sites (N-methyl/N-ethyl adjacent to an activating group) is 1. The van der Waals surface area contributed by atoms with Crippen LogP contribution in [0.1, 0.15) is 34.3 Å². The molecular weight excluding hydrogens is 374 g/mol. The highest BCUT2D eigenvalue weighted by molar-refractivity contribution is 5.98. The van der Waals surface area contributed by atoms with E-state index in [2.05, 4.69) is 64.5 Å². The van der Waals surface area contributed by atoms with E-state index in [1.54, 1.807) is 0 Å². The summed E-state index contributed by atoms with van der Waals surface area (Å²) in [7, 11) is 6.24. The van der Waals surface area contributed by atoms with Gasteiger partial charge in [0.1, 0.15) is 5.65 Å². The zero-order chi connectivity index (χ0) is 21.0. The summed E-state index contributed by atoms with van der Waals surface area (Å²) >= 11 is 0. The van der Waals surface area contributed by atoms with E-state index in [1.807, 2.05) is 30.9 Å². The van der Waals surface area contributed by atoms with Crippen LogP contribution in [-0.2, 0) is 12.6 Å². The minimum atomic E-state index is -0.283. The van der Waals surface area contributed by atoms with E-state index in [4.69, 9.17) is 0 Å². The van der Waals surface area contributed by atoms with Crippen molar-refractivity contribution < 1.29 is 4.79 Å². The number of hydrogen-bond acceptors (Lipinski definition) is 4. The van der Waals surface area contributed by atoms with Gasteiger partial charge in [0.15, 0.2) is 0 Å². The van der Waals surface area contributed by atoms with Gasteiger partial charge < -0.3 is 19.7 Å². The van der Waals surface area contributed by atoms with Gasteiger partial charge in [0.25, 0.3) is 5.91 Å². The van der Waals surface area contributed by atoms with Gasteiger partial charge in [-0.3, -0.25) is 4.79 Å². The van der Waals surface area contributed by atoms with Crippen molar-refractivity contribution in [2.45, 2.75) is 31.3 Å². The van der Waals surface area contributed by atoms with Crippen molar-refractivity contribution in [1.29, 1.82) is 0 Å². The first-order valence-electron chi connectivity index (χ1n) is 10.6. The summed E-state index contributed by atoms with van der Waals surface area (Å²) in [5.74, 6) is 0.0115. The molecule has 1 saturated heterocycles. The van der Waals surface area contributed by atoms with Crippen molar-refractivity contribution >= 4 is 22.6 Å². The first-order valence-corrected chi connectivity index (χ1v) is 10.6. The van der Waals surface area contributed by atoms with Crippen molar-refractivity contribution in [3.05, 3.63) is 59.4 Å². The molecule has 0 unspecified atom stereocenters. The summed E-state index contributed by atoms with van der Waals surface area (Å²) in [6, 6.07) is 11.0. The van der Waals surface area contributed by atoms with E-state index < -0.39 is 0 Å². The molecule has 30 heavy (non-hydrogen) atoms. The Balaban J connectivity index is 1.40. The van der Waals surface area contributed by atoms with Gasteiger partial charge in [0, 0.05) is 55.2 Å². The second-order valence-electron chi connectivity index (χ2n) is 9.08. The second-order valence-corrected chi connectivity index (χ2v) is 9.08. The fourth-order valence-corrected chi connectivity index (χ4v) is 4.50. The van der Waals surface area contributed by atoms with Gasteiger partial charge in [-0.2, -0.15) is 0 Å². The van der Waals surface area contributed by atoms with Crippen molar-refractivity contribution in [2.24, 2.45) is 7.05 Å². The lowest BCUT2D eigenvalue weighted by molar-refractivity contribution is 0.0930. The number of anilines is 1. The van der Waals surface area contributed by atoms with Crippen LogP contribution in [-0.4, -0.2) is 53.6 Å². The molecule has 3 heterocycles.